The Hall–Kier alpha value is -1.35. The van der Waals surface area contributed by atoms with Crippen molar-refractivity contribution in [3.63, 3.8) is 0 Å². The van der Waals surface area contributed by atoms with Gasteiger partial charge in [0.1, 0.15) is 6.61 Å². The van der Waals surface area contributed by atoms with E-state index in [1.807, 2.05) is 19.1 Å². The van der Waals surface area contributed by atoms with E-state index in [0.717, 1.165) is 0 Å². The zero-order valence-electron chi connectivity index (χ0n) is 10.7. The molecule has 0 spiro atoms. The molecule has 0 unspecified atom stereocenters. The number of benzene rings is 1. The third kappa shape index (κ3) is 4.57. The van der Waals surface area contributed by atoms with Crippen LogP contribution in [0.15, 0.2) is 24.3 Å². The smallest absolute Gasteiger partial charge is 0.338 e. The van der Waals surface area contributed by atoms with E-state index in [9.17, 15) is 4.79 Å². The van der Waals surface area contributed by atoms with Crippen LogP contribution in [-0.2, 0) is 9.47 Å². The maximum Gasteiger partial charge on any atom is 0.338 e. The van der Waals surface area contributed by atoms with Crippen molar-refractivity contribution >= 4 is 5.97 Å². The van der Waals surface area contributed by atoms with Gasteiger partial charge in [-0.3, -0.25) is 0 Å². The average Bonchev–Trinajstić information content (AvgIpc) is 2.34. The Kier molecular flexibility index (Phi) is 5.70. The third-order valence-corrected chi connectivity index (χ3v) is 2.48. The summed E-state index contributed by atoms with van der Waals surface area (Å²) in [7, 11) is 0. The molecule has 0 aliphatic carbocycles. The molecule has 0 atom stereocenters. The Morgan fingerprint density at radius 1 is 1.18 bits per heavy atom. The summed E-state index contributed by atoms with van der Waals surface area (Å²) in [5.74, 6) is 0.179. The fraction of sp³-hybridized carbons (Fsp3) is 0.500. The van der Waals surface area contributed by atoms with Gasteiger partial charge in [0.25, 0.3) is 0 Å². The number of carbonyl (C=O) groups excluding carboxylic acids is 1. The van der Waals surface area contributed by atoms with Gasteiger partial charge in [-0.15, -0.1) is 0 Å². The summed E-state index contributed by atoms with van der Waals surface area (Å²) >= 11 is 0. The minimum Gasteiger partial charge on any atom is -0.460 e. The lowest BCUT2D eigenvalue weighted by atomic mass is 10.0. The Bertz CT molecular complexity index is 341. The Morgan fingerprint density at radius 3 is 2.35 bits per heavy atom. The van der Waals surface area contributed by atoms with Gasteiger partial charge in [-0.1, -0.05) is 26.0 Å². The molecule has 0 radical (unpaired) electrons. The van der Waals surface area contributed by atoms with Gasteiger partial charge in [-0.2, -0.15) is 0 Å². The van der Waals surface area contributed by atoms with Crippen LogP contribution in [0.3, 0.4) is 0 Å². The summed E-state index contributed by atoms with van der Waals surface area (Å²) in [5.41, 5.74) is 1.81. The summed E-state index contributed by atoms with van der Waals surface area (Å²) < 4.78 is 10.2. The normalized spacial score (nSPS) is 10.6. The van der Waals surface area contributed by atoms with Gasteiger partial charge in [-0.05, 0) is 30.5 Å². The van der Waals surface area contributed by atoms with Gasteiger partial charge >= 0.3 is 5.97 Å². The molecule has 0 bridgehead atoms. The first-order valence-electron chi connectivity index (χ1n) is 6.00. The minimum atomic E-state index is -0.292. The number of esters is 1. The highest BCUT2D eigenvalue weighted by atomic mass is 16.6. The van der Waals surface area contributed by atoms with Gasteiger partial charge in [0.15, 0.2) is 0 Å². The number of hydrogen-bond donors (Lipinski definition) is 0. The molecule has 1 rings (SSSR count). The van der Waals surface area contributed by atoms with Crippen molar-refractivity contribution in [2.24, 2.45) is 0 Å². The molecular formula is C14H20O3. The summed E-state index contributed by atoms with van der Waals surface area (Å²) in [6.45, 7) is 7.54. The number of hydrogen-bond acceptors (Lipinski definition) is 3. The highest BCUT2D eigenvalue weighted by molar-refractivity contribution is 5.89. The van der Waals surface area contributed by atoms with Crippen LogP contribution in [0.1, 0.15) is 42.6 Å². The van der Waals surface area contributed by atoms with E-state index >= 15 is 0 Å². The number of carbonyl (C=O) groups is 1. The average molecular weight is 236 g/mol. The number of rotatable bonds is 6. The second kappa shape index (κ2) is 7.07. The van der Waals surface area contributed by atoms with E-state index in [1.165, 1.54) is 5.56 Å². The first-order valence-corrected chi connectivity index (χ1v) is 6.00. The Balaban J connectivity index is 2.46. The van der Waals surface area contributed by atoms with Crippen molar-refractivity contribution in [2.45, 2.75) is 26.7 Å². The first-order chi connectivity index (χ1) is 8.15. The highest BCUT2D eigenvalue weighted by Crippen LogP contribution is 2.15. The topological polar surface area (TPSA) is 35.5 Å². The third-order valence-electron chi connectivity index (χ3n) is 2.48. The highest BCUT2D eigenvalue weighted by Gasteiger charge is 2.07. The SMILES string of the molecule is CCOCCOC(=O)c1ccc(C(C)C)cc1. The molecule has 0 aromatic heterocycles. The molecule has 0 aliphatic heterocycles. The molecule has 0 amide bonds. The molecule has 17 heavy (non-hydrogen) atoms. The lowest BCUT2D eigenvalue weighted by molar-refractivity contribution is 0.0335. The molecule has 0 aliphatic rings. The monoisotopic (exact) mass is 236 g/mol. The van der Waals surface area contributed by atoms with Crippen molar-refractivity contribution in [3.05, 3.63) is 35.4 Å². The number of ether oxygens (including phenoxy) is 2. The predicted octanol–water partition coefficient (Wildman–Crippen LogP) is 3.00. The van der Waals surface area contributed by atoms with Crippen molar-refractivity contribution in [2.75, 3.05) is 19.8 Å². The van der Waals surface area contributed by atoms with E-state index in [4.69, 9.17) is 9.47 Å². The molecular weight excluding hydrogens is 216 g/mol. The van der Waals surface area contributed by atoms with E-state index < -0.39 is 0 Å². The van der Waals surface area contributed by atoms with Gasteiger partial charge in [0, 0.05) is 6.61 Å². The van der Waals surface area contributed by atoms with Crippen LogP contribution in [0.2, 0.25) is 0 Å². The Morgan fingerprint density at radius 2 is 1.82 bits per heavy atom. The minimum absolute atomic E-state index is 0.292. The molecule has 0 heterocycles. The van der Waals surface area contributed by atoms with Crippen LogP contribution in [0.4, 0.5) is 0 Å². The molecule has 0 saturated heterocycles. The first kappa shape index (κ1) is 13.7. The second-order valence-corrected chi connectivity index (χ2v) is 4.11. The van der Waals surface area contributed by atoms with E-state index in [2.05, 4.69) is 13.8 Å². The lowest BCUT2D eigenvalue weighted by Gasteiger charge is -2.07. The van der Waals surface area contributed by atoms with Crippen LogP contribution in [0, 0.1) is 0 Å². The summed E-state index contributed by atoms with van der Waals surface area (Å²) in [6, 6.07) is 7.53. The van der Waals surface area contributed by atoms with Crippen molar-refractivity contribution < 1.29 is 14.3 Å². The van der Waals surface area contributed by atoms with Gasteiger partial charge in [0.2, 0.25) is 0 Å². The van der Waals surface area contributed by atoms with E-state index in [1.54, 1.807) is 12.1 Å². The van der Waals surface area contributed by atoms with Crippen LogP contribution in [-0.4, -0.2) is 25.8 Å². The quantitative estimate of drug-likeness (QED) is 0.562. The predicted molar refractivity (Wildman–Crippen MR) is 67.3 cm³/mol. The standard InChI is InChI=1S/C14H20O3/c1-4-16-9-10-17-14(15)13-7-5-12(6-8-13)11(2)3/h5-8,11H,4,9-10H2,1-3H3. The zero-order valence-corrected chi connectivity index (χ0v) is 10.7. The van der Waals surface area contributed by atoms with Crippen LogP contribution < -0.4 is 0 Å². The fourth-order valence-corrected chi connectivity index (χ4v) is 1.43. The Labute approximate surface area is 103 Å². The van der Waals surface area contributed by atoms with Gasteiger partial charge < -0.3 is 9.47 Å². The van der Waals surface area contributed by atoms with E-state index in [-0.39, 0.29) is 5.97 Å². The lowest BCUT2D eigenvalue weighted by Crippen LogP contribution is -2.10. The summed E-state index contributed by atoms with van der Waals surface area (Å²) in [5, 5.41) is 0. The van der Waals surface area contributed by atoms with Gasteiger partial charge in [0.05, 0.1) is 12.2 Å². The maximum absolute atomic E-state index is 11.6. The molecule has 1 aromatic rings. The molecule has 3 heteroatoms. The molecule has 0 N–H and O–H groups in total. The fourth-order valence-electron chi connectivity index (χ4n) is 1.43. The zero-order chi connectivity index (χ0) is 12.7. The van der Waals surface area contributed by atoms with Crippen LogP contribution in [0.5, 0.6) is 0 Å². The molecule has 0 saturated carbocycles. The van der Waals surface area contributed by atoms with Gasteiger partial charge in [-0.25, -0.2) is 4.79 Å². The molecule has 3 nitrogen and oxygen atoms in total. The van der Waals surface area contributed by atoms with Crippen molar-refractivity contribution in [1.29, 1.82) is 0 Å². The summed E-state index contributed by atoms with van der Waals surface area (Å²) in [6.07, 6.45) is 0. The van der Waals surface area contributed by atoms with Crippen LogP contribution >= 0.6 is 0 Å². The largest absolute Gasteiger partial charge is 0.460 e. The molecule has 0 fully saturated rings. The maximum atomic E-state index is 11.6. The summed E-state index contributed by atoms with van der Waals surface area (Å²) in [4.78, 5) is 11.6. The molecule has 1 aromatic carbocycles. The van der Waals surface area contributed by atoms with Crippen molar-refractivity contribution in [3.8, 4) is 0 Å². The second-order valence-electron chi connectivity index (χ2n) is 4.11. The van der Waals surface area contributed by atoms with Crippen molar-refractivity contribution in [1.82, 2.24) is 0 Å². The van der Waals surface area contributed by atoms with E-state index in [0.29, 0.717) is 31.3 Å². The molecule has 94 valence electrons. The van der Waals surface area contributed by atoms with Crippen LogP contribution in [0.25, 0.3) is 0 Å².